The van der Waals surface area contributed by atoms with E-state index in [-0.39, 0.29) is 11.7 Å². The van der Waals surface area contributed by atoms with Gasteiger partial charge in [0.25, 0.3) is 0 Å². The number of fused-ring (bicyclic) bond motifs is 3. The SMILES string of the molecule is O=C1C=CC2C1=Cc1ccccc12. The monoisotopic (exact) mass is 168 g/mol. The molecule has 1 aromatic carbocycles. The molecule has 62 valence electrons. The summed E-state index contributed by atoms with van der Waals surface area (Å²) in [5.41, 5.74) is 3.39. The highest BCUT2D eigenvalue weighted by Gasteiger charge is 2.30. The molecular weight excluding hydrogens is 160 g/mol. The number of ketones is 1. The van der Waals surface area contributed by atoms with E-state index in [4.69, 9.17) is 0 Å². The van der Waals surface area contributed by atoms with E-state index in [9.17, 15) is 4.79 Å². The van der Waals surface area contributed by atoms with Crippen molar-refractivity contribution < 1.29 is 4.79 Å². The zero-order valence-corrected chi connectivity index (χ0v) is 7.03. The molecule has 0 amide bonds. The normalized spacial score (nSPS) is 22.9. The highest BCUT2D eigenvalue weighted by Crippen LogP contribution is 2.40. The fourth-order valence-corrected chi connectivity index (χ4v) is 2.06. The van der Waals surface area contributed by atoms with Crippen LogP contribution in [0, 0.1) is 0 Å². The molecule has 1 unspecified atom stereocenters. The highest BCUT2D eigenvalue weighted by molar-refractivity contribution is 6.13. The van der Waals surface area contributed by atoms with Crippen LogP contribution in [-0.4, -0.2) is 5.78 Å². The van der Waals surface area contributed by atoms with Crippen LogP contribution in [0.2, 0.25) is 0 Å². The fourth-order valence-electron chi connectivity index (χ4n) is 2.06. The van der Waals surface area contributed by atoms with E-state index in [1.807, 2.05) is 24.3 Å². The van der Waals surface area contributed by atoms with Gasteiger partial charge in [-0.25, -0.2) is 0 Å². The van der Waals surface area contributed by atoms with Gasteiger partial charge in [0, 0.05) is 11.5 Å². The van der Waals surface area contributed by atoms with E-state index < -0.39 is 0 Å². The largest absolute Gasteiger partial charge is 0.290 e. The number of carbonyl (C=O) groups excluding carboxylic acids is 1. The Morgan fingerprint density at radius 1 is 1.15 bits per heavy atom. The number of allylic oxidation sites excluding steroid dienone is 3. The van der Waals surface area contributed by atoms with Crippen molar-refractivity contribution in [1.29, 1.82) is 0 Å². The second-order valence-corrected chi connectivity index (χ2v) is 3.43. The molecule has 0 aliphatic heterocycles. The average molecular weight is 168 g/mol. The third kappa shape index (κ3) is 0.788. The van der Waals surface area contributed by atoms with Crippen LogP contribution < -0.4 is 0 Å². The molecule has 2 aliphatic rings. The zero-order chi connectivity index (χ0) is 8.84. The third-order valence-corrected chi connectivity index (χ3v) is 2.70. The average Bonchev–Trinajstić information content (AvgIpc) is 2.67. The van der Waals surface area contributed by atoms with Gasteiger partial charge in [-0.1, -0.05) is 30.3 Å². The summed E-state index contributed by atoms with van der Waals surface area (Å²) in [6, 6.07) is 8.17. The first-order valence-corrected chi connectivity index (χ1v) is 4.39. The molecule has 2 aliphatic carbocycles. The maximum atomic E-state index is 11.4. The summed E-state index contributed by atoms with van der Waals surface area (Å²) >= 11 is 0. The molecular formula is C12H8O. The fraction of sp³-hybridized carbons (Fsp3) is 0.0833. The van der Waals surface area contributed by atoms with E-state index in [1.54, 1.807) is 6.08 Å². The van der Waals surface area contributed by atoms with Crippen molar-refractivity contribution in [3.05, 3.63) is 53.1 Å². The van der Waals surface area contributed by atoms with Gasteiger partial charge >= 0.3 is 0 Å². The van der Waals surface area contributed by atoms with Crippen LogP contribution in [-0.2, 0) is 4.79 Å². The molecule has 0 saturated carbocycles. The molecule has 0 bridgehead atoms. The first-order valence-electron chi connectivity index (χ1n) is 4.39. The Balaban J connectivity index is 2.24. The second-order valence-electron chi connectivity index (χ2n) is 3.43. The van der Waals surface area contributed by atoms with E-state index in [1.165, 1.54) is 11.1 Å². The first-order chi connectivity index (χ1) is 6.36. The zero-order valence-electron chi connectivity index (χ0n) is 7.03. The van der Waals surface area contributed by atoms with Crippen LogP contribution >= 0.6 is 0 Å². The number of rotatable bonds is 0. The molecule has 0 saturated heterocycles. The second kappa shape index (κ2) is 2.19. The lowest BCUT2D eigenvalue weighted by Gasteiger charge is -2.03. The third-order valence-electron chi connectivity index (χ3n) is 2.70. The van der Waals surface area contributed by atoms with E-state index in [0.29, 0.717) is 0 Å². The van der Waals surface area contributed by atoms with Crippen molar-refractivity contribution in [2.24, 2.45) is 0 Å². The number of carbonyl (C=O) groups is 1. The molecule has 0 spiro atoms. The van der Waals surface area contributed by atoms with E-state index in [2.05, 4.69) is 12.1 Å². The molecule has 13 heavy (non-hydrogen) atoms. The van der Waals surface area contributed by atoms with Gasteiger partial charge in [0.1, 0.15) is 0 Å². The maximum absolute atomic E-state index is 11.4. The van der Waals surface area contributed by atoms with Gasteiger partial charge < -0.3 is 0 Å². The van der Waals surface area contributed by atoms with Gasteiger partial charge in [-0.3, -0.25) is 4.79 Å². The standard InChI is InChI=1S/C12H8O/c13-12-6-5-10-9-4-2-1-3-8(9)7-11(10)12/h1-7,10H. The summed E-state index contributed by atoms with van der Waals surface area (Å²) in [4.78, 5) is 11.4. The van der Waals surface area contributed by atoms with Crippen molar-refractivity contribution in [2.75, 3.05) is 0 Å². The molecule has 0 heterocycles. The first kappa shape index (κ1) is 6.84. The minimum absolute atomic E-state index is 0.168. The van der Waals surface area contributed by atoms with Gasteiger partial charge in [0.05, 0.1) is 0 Å². The van der Waals surface area contributed by atoms with Crippen LogP contribution in [0.25, 0.3) is 6.08 Å². The molecule has 1 aromatic rings. The van der Waals surface area contributed by atoms with Crippen molar-refractivity contribution in [3.63, 3.8) is 0 Å². The molecule has 0 fully saturated rings. The van der Waals surface area contributed by atoms with Gasteiger partial charge in [-0.2, -0.15) is 0 Å². The number of hydrogen-bond acceptors (Lipinski definition) is 1. The van der Waals surface area contributed by atoms with Crippen molar-refractivity contribution >= 4 is 11.9 Å². The van der Waals surface area contributed by atoms with Crippen molar-refractivity contribution in [3.8, 4) is 0 Å². The molecule has 3 rings (SSSR count). The highest BCUT2D eigenvalue weighted by atomic mass is 16.1. The van der Waals surface area contributed by atoms with Gasteiger partial charge in [-0.05, 0) is 23.3 Å². The Kier molecular flexibility index (Phi) is 1.15. The lowest BCUT2D eigenvalue weighted by Crippen LogP contribution is -1.95. The van der Waals surface area contributed by atoms with Gasteiger partial charge in [0.2, 0.25) is 0 Å². The van der Waals surface area contributed by atoms with E-state index in [0.717, 1.165) is 5.57 Å². The minimum atomic E-state index is 0.168. The Morgan fingerprint density at radius 2 is 2.00 bits per heavy atom. The van der Waals surface area contributed by atoms with Crippen molar-refractivity contribution in [1.82, 2.24) is 0 Å². The van der Waals surface area contributed by atoms with Crippen LogP contribution in [0.3, 0.4) is 0 Å². The Morgan fingerprint density at radius 3 is 2.92 bits per heavy atom. The molecule has 0 aromatic heterocycles. The molecule has 0 radical (unpaired) electrons. The summed E-state index contributed by atoms with van der Waals surface area (Å²) in [6.45, 7) is 0. The summed E-state index contributed by atoms with van der Waals surface area (Å²) in [5, 5.41) is 0. The maximum Gasteiger partial charge on any atom is 0.182 e. The lowest BCUT2D eigenvalue weighted by atomic mass is 9.99. The number of hydrogen-bond donors (Lipinski definition) is 0. The summed E-state index contributed by atoms with van der Waals surface area (Å²) in [7, 11) is 0. The quantitative estimate of drug-likeness (QED) is 0.581. The van der Waals surface area contributed by atoms with Gasteiger partial charge in [-0.15, -0.1) is 0 Å². The lowest BCUT2D eigenvalue weighted by molar-refractivity contribution is -0.111. The topological polar surface area (TPSA) is 17.1 Å². The molecule has 1 heteroatoms. The van der Waals surface area contributed by atoms with E-state index >= 15 is 0 Å². The Bertz CT molecular complexity index is 452. The Hall–Kier alpha value is -1.63. The molecule has 0 N–H and O–H groups in total. The summed E-state index contributed by atoms with van der Waals surface area (Å²) in [5.74, 6) is 0.407. The van der Waals surface area contributed by atoms with Crippen LogP contribution in [0.5, 0.6) is 0 Å². The Labute approximate surface area is 76.4 Å². The smallest absolute Gasteiger partial charge is 0.182 e. The predicted molar refractivity (Wildman–Crippen MR) is 51.3 cm³/mol. The predicted octanol–water partition coefficient (Wildman–Crippen LogP) is 2.31. The van der Waals surface area contributed by atoms with Crippen LogP contribution in [0.15, 0.2) is 42.0 Å². The molecule has 1 atom stereocenters. The van der Waals surface area contributed by atoms with Crippen LogP contribution in [0.1, 0.15) is 17.0 Å². The minimum Gasteiger partial charge on any atom is -0.290 e. The van der Waals surface area contributed by atoms with Crippen LogP contribution in [0.4, 0.5) is 0 Å². The summed E-state index contributed by atoms with van der Waals surface area (Å²) in [6.07, 6.45) is 5.66. The molecule has 1 nitrogen and oxygen atoms in total. The number of benzene rings is 1. The summed E-state index contributed by atoms with van der Waals surface area (Å²) < 4.78 is 0. The van der Waals surface area contributed by atoms with Crippen molar-refractivity contribution in [2.45, 2.75) is 5.92 Å². The van der Waals surface area contributed by atoms with Gasteiger partial charge in [0.15, 0.2) is 5.78 Å².